The molecule has 0 radical (unpaired) electrons. The number of alkyl carbamates (subject to hydrolysis) is 1. The van der Waals surface area contributed by atoms with Gasteiger partial charge in [0.25, 0.3) is 5.91 Å². The summed E-state index contributed by atoms with van der Waals surface area (Å²) in [7, 11) is 0. The van der Waals surface area contributed by atoms with E-state index in [2.05, 4.69) is 5.32 Å². The van der Waals surface area contributed by atoms with E-state index < -0.39 is 41.2 Å². The molecule has 1 fully saturated rings. The van der Waals surface area contributed by atoms with Gasteiger partial charge in [0.2, 0.25) is 5.95 Å². The van der Waals surface area contributed by atoms with Crippen molar-refractivity contribution in [2.24, 2.45) is 0 Å². The van der Waals surface area contributed by atoms with E-state index in [0.29, 0.717) is 53.7 Å². The molecular weight excluding hydrogens is 569 g/mol. The van der Waals surface area contributed by atoms with Crippen molar-refractivity contribution in [1.82, 2.24) is 20.2 Å². The van der Waals surface area contributed by atoms with Crippen molar-refractivity contribution in [3.05, 3.63) is 39.6 Å². The third-order valence-electron chi connectivity index (χ3n) is 6.80. The lowest BCUT2D eigenvalue weighted by molar-refractivity contribution is -0.138. The Morgan fingerprint density at radius 1 is 1.10 bits per heavy atom. The molecule has 1 saturated heterocycles. The summed E-state index contributed by atoms with van der Waals surface area (Å²) >= 11 is 12.9. The summed E-state index contributed by atoms with van der Waals surface area (Å²) in [4.78, 5) is 50.9. The van der Waals surface area contributed by atoms with Crippen LogP contribution in [0.15, 0.2) is 18.2 Å². The van der Waals surface area contributed by atoms with E-state index in [-0.39, 0.29) is 10.7 Å². The Labute approximate surface area is 251 Å². The largest absolute Gasteiger partial charge is 0.480 e. The van der Waals surface area contributed by atoms with Crippen molar-refractivity contribution in [3.8, 4) is 11.1 Å². The van der Waals surface area contributed by atoms with Crippen LogP contribution in [-0.2, 0) is 9.53 Å². The molecule has 2 heterocycles. The molecule has 41 heavy (non-hydrogen) atoms. The first-order chi connectivity index (χ1) is 18.8. The number of nitrogens with one attached hydrogen (secondary N) is 1. The Morgan fingerprint density at radius 3 is 2.24 bits per heavy atom. The molecule has 0 unspecified atom stereocenters. The third kappa shape index (κ3) is 8.01. The number of aliphatic carboxylic acids is 1. The lowest BCUT2D eigenvalue weighted by atomic mass is 9.90. The highest BCUT2D eigenvalue weighted by molar-refractivity contribution is 6.43. The first-order valence-electron chi connectivity index (χ1n) is 13.4. The number of carbonyl (C=O) groups is 3. The minimum Gasteiger partial charge on any atom is -0.480 e. The molecular formula is C29H39Cl2N5O5. The summed E-state index contributed by atoms with van der Waals surface area (Å²) in [6.07, 6.45) is 0.705. The van der Waals surface area contributed by atoms with Crippen LogP contribution in [0.1, 0.15) is 77.5 Å². The smallest absolute Gasteiger partial charge is 0.408 e. The molecule has 1 aliphatic heterocycles. The fourth-order valence-corrected chi connectivity index (χ4v) is 5.02. The minimum atomic E-state index is -1.14. The third-order valence-corrected chi connectivity index (χ3v) is 7.62. The van der Waals surface area contributed by atoms with Gasteiger partial charge < -0.3 is 25.0 Å². The Hall–Kier alpha value is -3.11. The van der Waals surface area contributed by atoms with Gasteiger partial charge in [-0.05, 0) is 74.3 Å². The maximum absolute atomic E-state index is 14.1. The standard InChI is InChI=1S/C29H39Cl2N5O5/c1-17-21(18-10-9-11-19(30)22(18)31)23(24(39)36(16-20(37)38)27(2,3)4)33-25(32-17)35-14-12-29(8,13-15-35)34-26(40)41-28(5,6)7/h9-11H,12-16H2,1-8H3,(H,34,40)(H,37,38). The van der Waals surface area contributed by atoms with Gasteiger partial charge in [-0.2, -0.15) is 0 Å². The monoisotopic (exact) mass is 607 g/mol. The maximum atomic E-state index is 14.1. The second-order valence-corrected chi connectivity index (χ2v) is 13.3. The fourth-order valence-electron chi connectivity index (χ4n) is 4.63. The van der Waals surface area contributed by atoms with Crippen molar-refractivity contribution in [3.63, 3.8) is 0 Å². The molecule has 0 atom stereocenters. The highest BCUT2D eigenvalue weighted by Crippen LogP contribution is 2.38. The van der Waals surface area contributed by atoms with Crippen LogP contribution >= 0.6 is 23.2 Å². The summed E-state index contributed by atoms with van der Waals surface area (Å²) in [5, 5.41) is 13.1. The van der Waals surface area contributed by atoms with Crippen LogP contribution in [0.3, 0.4) is 0 Å². The lowest BCUT2D eigenvalue weighted by Crippen LogP contribution is -2.54. The quantitative estimate of drug-likeness (QED) is 0.411. The zero-order valence-corrected chi connectivity index (χ0v) is 26.4. The summed E-state index contributed by atoms with van der Waals surface area (Å²) in [5.41, 5.74) is -0.525. The molecule has 0 spiro atoms. The Morgan fingerprint density at radius 2 is 1.71 bits per heavy atom. The predicted molar refractivity (Wildman–Crippen MR) is 160 cm³/mol. The van der Waals surface area contributed by atoms with Crippen molar-refractivity contribution >= 4 is 47.1 Å². The van der Waals surface area contributed by atoms with Crippen molar-refractivity contribution in [1.29, 1.82) is 0 Å². The second-order valence-electron chi connectivity index (χ2n) is 12.6. The highest BCUT2D eigenvalue weighted by atomic mass is 35.5. The maximum Gasteiger partial charge on any atom is 0.408 e. The molecule has 2 aromatic rings. The van der Waals surface area contributed by atoms with Crippen LogP contribution in [0, 0.1) is 6.92 Å². The van der Waals surface area contributed by atoms with Crippen LogP contribution < -0.4 is 10.2 Å². The molecule has 1 aromatic heterocycles. The number of amides is 2. The van der Waals surface area contributed by atoms with Gasteiger partial charge in [0, 0.05) is 35.3 Å². The van der Waals surface area contributed by atoms with Crippen LogP contribution in [0.5, 0.6) is 0 Å². The Balaban J connectivity index is 2.03. The van der Waals surface area contributed by atoms with Gasteiger partial charge >= 0.3 is 12.1 Å². The number of carboxylic acid groups (broad SMARTS) is 1. The van der Waals surface area contributed by atoms with Crippen molar-refractivity contribution < 1.29 is 24.2 Å². The van der Waals surface area contributed by atoms with Gasteiger partial charge in [-0.3, -0.25) is 9.59 Å². The number of rotatable bonds is 6. The number of hydrogen-bond acceptors (Lipinski definition) is 7. The molecule has 0 aliphatic carbocycles. The Kier molecular flexibility index (Phi) is 9.50. The van der Waals surface area contributed by atoms with E-state index in [1.54, 1.807) is 45.9 Å². The number of anilines is 1. The van der Waals surface area contributed by atoms with E-state index >= 15 is 0 Å². The summed E-state index contributed by atoms with van der Waals surface area (Å²) < 4.78 is 5.43. The van der Waals surface area contributed by atoms with E-state index in [1.807, 2.05) is 32.6 Å². The molecule has 10 nitrogen and oxygen atoms in total. The SMILES string of the molecule is Cc1nc(N2CCC(C)(NC(=O)OC(C)(C)C)CC2)nc(C(=O)N(CC(=O)O)C(C)(C)C)c1-c1cccc(Cl)c1Cl. The predicted octanol–water partition coefficient (Wildman–Crippen LogP) is 5.97. The van der Waals surface area contributed by atoms with Crippen LogP contribution in [0.25, 0.3) is 11.1 Å². The molecule has 12 heteroatoms. The number of carbonyl (C=O) groups excluding carboxylic acids is 2. The van der Waals surface area contributed by atoms with Gasteiger partial charge in [-0.1, -0.05) is 35.3 Å². The van der Waals surface area contributed by atoms with Crippen LogP contribution in [0.2, 0.25) is 10.0 Å². The molecule has 2 N–H and O–H groups in total. The van der Waals surface area contributed by atoms with Crippen molar-refractivity contribution in [2.45, 2.75) is 84.9 Å². The number of halogens is 2. The molecule has 0 bridgehead atoms. The van der Waals surface area contributed by atoms with Crippen LogP contribution in [-0.4, -0.2) is 74.3 Å². The van der Waals surface area contributed by atoms with Crippen molar-refractivity contribution in [2.75, 3.05) is 24.5 Å². The molecule has 3 rings (SSSR count). The molecule has 1 aromatic carbocycles. The normalized spacial score (nSPS) is 15.3. The first kappa shape index (κ1) is 32.4. The number of hydrogen-bond donors (Lipinski definition) is 2. The van der Waals surface area contributed by atoms with E-state index in [1.165, 1.54) is 4.90 Å². The number of aromatic nitrogens is 2. The van der Waals surface area contributed by atoms with E-state index in [0.717, 1.165) is 0 Å². The highest BCUT2D eigenvalue weighted by Gasteiger charge is 2.36. The zero-order valence-electron chi connectivity index (χ0n) is 24.9. The Bertz CT molecular complexity index is 1330. The van der Waals surface area contributed by atoms with Gasteiger partial charge in [-0.25, -0.2) is 14.8 Å². The van der Waals surface area contributed by atoms with Gasteiger partial charge in [0.15, 0.2) is 0 Å². The van der Waals surface area contributed by atoms with Gasteiger partial charge in [0.1, 0.15) is 17.8 Å². The zero-order chi connectivity index (χ0) is 30.9. The number of benzene rings is 1. The first-order valence-corrected chi connectivity index (χ1v) is 14.2. The van der Waals surface area contributed by atoms with E-state index in [4.69, 9.17) is 37.9 Å². The average Bonchev–Trinajstić information content (AvgIpc) is 2.82. The summed E-state index contributed by atoms with van der Waals surface area (Å²) in [6, 6.07) is 5.08. The summed E-state index contributed by atoms with van der Waals surface area (Å²) in [5.74, 6) is -1.38. The van der Waals surface area contributed by atoms with E-state index in [9.17, 15) is 19.5 Å². The summed E-state index contributed by atoms with van der Waals surface area (Å²) in [6.45, 7) is 15.0. The molecule has 2 amide bonds. The number of nitrogens with zero attached hydrogens (tertiary/aromatic N) is 4. The van der Waals surface area contributed by atoms with Gasteiger partial charge in [0.05, 0.1) is 15.7 Å². The molecule has 0 saturated carbocycles. The van der Waals surface area contributed by atoms with Crippen LogP contribution in [0.4, 0.5) is 10.7 Å². The minimum absolute atomic E-state index is 0.0352. The lowest BCUT2D eigenvalue weighted by Gasteiger charge is -2.40. The molecule has 224 valence electrons. The fraction of sp³-hybridized carbons (Fsp3) is 0.552. The topological polar surface area (TPSA) is 125 Å². The number of carboxylic acids is 1. The van der Waals surface area contributed by atoms with Gasteiger partial charge in [-0.15, -0.1) is 0 Å². The average molecular weight is 609 g/mol. The number of piperidine rings is 1. The second kappa shape index (κ2) is 12.0. The number of ether oxygens (including phenoxy) is 1. The number of aryl methyl sites for hydroxylation is 1. The molecule has 1 aliphatic rings.